The molecule has 0 saturated heterocycles. The topological polar surface area (TPSA) is 43.1 Å². The summed E-state index contributed by atoms with van der Waals surface area (Å²) in [5.41, 5.74) is 0. The van der Waals surface area contributed by atoms with Gasteiger partial charge >= 0.3 is 6.30 Å². The van der Waals surface area contributed by atoms with Crippen LogP contribution in [-0.4, -0.2) is 11.2 Å². The van der Waals surface area contributed by atoms with E-state index in [1.807, 2.05) is 6.92 Å². The summed E-state index contributed by atoms with van der Waals surface area (Å²) in [4.78, 5) is 8.84. The highest BCUT2D eigenvalue weighted by Crippen LogP contribution is 2.06. The third kappa shape index (κ3) is 4.23. The number of nitrogens with zero attached hydrogens (tertiary/aromatic N) is 1. The largest absolute Gasteiger partial charge is 0.349 e. The van der Waals surface area contributed by atoms with Gasteiger partial charge in [-0.25, -0.2) is 0 Å². The Labute approximate surface area is 59.4 Å². The first-order valence-corrected chi connectivity index (χ1v) is 3.46. The van der Waals surface area contributed by atoms with Gasteiger partial charge in [0.05, 0.1) is 4.92 Å². The number of rotatable bonds is 5. The third-order valence-corrected chi connectivity index (χ3v) is 1.27. The van der Waals surface area contributed by atoms with Crippen molar-refractivity contribution >= 4 is 0 Å². The maximum absolute atomic E-state index is 12.1. The van der Waals surface area contributed by atoms with Crippen molar-refractivity contribution in [3.8, 4) is 0 Å². The predicted octanol–water partition coefficient (Wildman–Crippen LogP) is 2.14. The molecule has 0 amide bonds. The van der Waals surface area contributed by atoms with Crippen LogP contribution < -0.4 is 0 Å². The lowest BCUT2D eigenvalue weighted by molar-refractivity contribution is -0.554. The Balaban J connectivity index is 3.21. The summed E-state index contributed by atoms with van der Waals surface area (Å²) in [6.07, 6.45) is 0.643. The fraction of sp³-hybridized carbons (Fsp3) is 1.00. The molecule has 0 aliphatic heterocycles. The second-order valence-corrected chi connectivity index (χ2v) is 2.22. The lowest BCUT2D eigenvalue weighted by Crippen LogP contribution is -2.12. The van der Waals surface area contributed by atoms with Gasteiger partial charge in [-0.2, -0.15) is 4.39 Å². The van der Waals surface area contributed by atoms with E-state index < -0.39 is 11.2 Å². The van der Waals surface area contributed by atoms with Crippen LogP contribution in [0.15, 0.2) is 0 Å². The molecule has 0 fully saturated rings. The summed E-state index contributed by atoms with van der Waals surface area (Å²) in [6.45, 7) is 1.97. The van der Waals surface area contributed by atoms with Crippen molar-refractivity contribution in [3.05, 3.63) is 10.1 Å². The number of hydrogen-bond donors (Lipinski definition) is 0. The van der Waals surface area contributed by atoms with E-state index in [9.17, 15) is 14.5 Å². The average molecular weight is 149 g/mol. The van der Waals surface area contributed by atoms with Crippen molar-refractivity contribution in [2.45, 2.75) is 38.9 Å². The van der Waals surface area contributed by atoms with Crippen LogP contribution in [0.3, 0.4) is 0 Å². The minimum atomic E-state index is -1.86. The van der Waals surface area contributed by atoms with E-state index in [0.717, 1.165) is 12.8 Å². The molecule has 0 aliphatic carbocycles. The Morgan fingerprint density at radius 2 is 2.20 bits per heavy atom. The van der Waals surface area contributed by atoms with Crippen LogP contribution in [0.2, 0.25) is 0 Å². The minimum absolute atomic E-state index is 0.0564. The van der Waals surface area contributed by atoms with Gasteiger partial charge in [-0.1, -0.05) is 19.8 Å². The van der Waals surface area contributed by atoms with Crippen LogP contribution in [0.4, 0.5) is 4.39 Å². The van der Waals surface area contributed by atoms with Gasteiger partial charge in [0.1, 0.15) is 0 Å². The van der Waals surface area contributed by atoms with Gasteiger partial charge in [0.25, 0.3) is 0 Å². The van der Waals surface area contributed by atoms with Crippen LogP contribution in [0.5, 0.6) is 0 Å². The molecule has 0 bridgehead atoms. The number of hydrogen-bond acceptors (Lipinski definition) is 2. The van der Waals surface area contributed by atoms with Gasteiger partial charge < -0.3 is 0 Å². The van der Waals surface area contributed by atoms with Gasteiger partial charge in [-0.05, 0) is 6.42 Å². The molecule has 0 N–H and O–H groups in total. The second-order valence-electron chi connectivity index (χ2n) is 2.22. The zero-order valence-corrected chi connectivity index (χ0v) is 6.05. The molecule has 4 heteroatoms. The van der Waals surface area contributed by atoms with Gasteiger partial charge in [0.15, 0.2) is 0 Å². The maximum Gasteiger partial charge on any atom is 0.349 e. The van der Waals surface area contributed by atoms with Crippen molar-refractivity contribution < 1.29 is 9.31 Å². The Hall–Kier alpha value is -0.670. The predicted molar refractivity (Wildman–Crippen MR) is 36.0 cm³/mol. The van der Waals surface area contributed by atoms with E-state index in [2.05, 4.69) is 0 Å². The minimum Gasteiger partial charge on any atom is -0.262 e. The first kappa shape index (κ1) is 9.33. The lowest BCUT2D eigenvalue weighted by atomic mass is 10.2. The van der Waals surface area contributed by atoms with Gasteiger partial charge in [-0.3, -0.25) is 10.1 Å². The molecule has 3 nitrogen and oxygen atoms in total. The Bertz CT molecular complexity index is 108. The summed E-state index contributed by atoms with van der Waals surface area (Å²) in [5, 5.41) is 9.72. The molecule has 0 radical (unpaired) electrons. The van der Waals surface area contributed by atoms with Crippen molar-refractivity contribution in [1.82, 2.24) is 0 Å². The standard InChI is InChI=1S/C6H12FNO2/c1-2-3-4-5-6(7)8(9)10/h6H,2-5H2,1H3. The van der Waals surface area contributed by atoms with Crippen molar-refractivity contribution in [2.24, 2.45) is 0 Å². The molecule has 0 aromatic carbocycles. The zero-order valence-electron chi connectivity index (χ0n) is 6.05. The molecule has 1 atom stereocenters. The fourth-order valence-electron chi connectivity index (χ4n) is 0.668. The van der Waals surface area contributed by atoms with Crippen LogP contribution in [-0.2, 0) is 0 Å². The second kappa shape index (κ2) is 5.14. The third-order valence-electron chi connectivity index (χ3n) is 1.27. The smallest absolute Gasteiger partial charge is 0.262 e. The molecule has 60 valence electrons. The lowest BCUT2D eigenvalue weighted by Gasteiger charge is -1.97. The molecule has 0 spiro atoms. The first-order chi connectivity index (χ1) is 4.68. The number of alkyl halides is 1. The normalized spacial score (nSPS) is 13.0. The van der Waals surface area contributed by atoms with E-state index in [1.165, 1.54) is 0 Å². The van der Waals surface area contributed by atoms with Gasteiger partial charge in [-0.15, -0.1) is 0 Å². The molecule has 1 unspecified atom stereocenters. The summed E-state index contributed by atoms with van der Waals surface area (Å²) < 4.78 is 12.1. The number of halogens is 1. The molecule has 0 aliphatic rings. The van der Waals surface area contributed by atoms with Gasteiger partial charge in [0, 0.05) is 6.42 Å². The van der Waals surface area contributed by atoms with E-state index >= 15 is 0 Å². The van der Waals surface area contributed by atoms with Crippen LogP contribution in [0.1, 0.15) is 32.6 Å². The Morgan fingerprint density at radius 3 is 2.60 bits per heavy atom. The quantitative estimate of drug-likeness (QED) is 0.260. The molecule has 0 rings (SSSR count). The molecular weight excluding hydrogens is 137 g/mol. The van der Waals surface area contributed by atoms with Crippen LogP contribution in [0.25, 0.3) is 0 Å². The van der Waals surface area contributed by atoms with E-state index in [1.54, 1.807) is 0 Å². The van der Waals surface area contributed by atoms with Crippen LogP contribution in [0, 0.1) is 10.1 Å². The molecule has 0 heterocycles. The summed E-state index contributed by atoms with van der Waals surface area (Å²) in [7, 11) is 0. The van der Waals surface area contributed by atoms with Crippen molar-refractivity contribution in [1.29, 1.82) is 0 Å². The number of nitro groups is 1. The first-order valence-electron chi connectivity index (χ1n) is 3.46. The molecular formula is C6H12FNO2. The molecule has 10 heavy (non-hydrogen) atoms. The summed E-state index contributed by atoms with van der Waals surface area (Å²) >= 11 is 0. The maximum atomic E-state index is 12.1. The fourth-order valence-corrected chi connectivity index (χ4v) is 0.668. The molecule has 0 aromatic heterocycles. The SMILES string of the molecule is CCCCCC(F)[N+](=O)[O-]. The van der Waals surface area contributed by atoms with E-state index in [0.29, 0.717) is 6.42 Å². The Morgan fingerprint density at radius 1 is 1.60 bits per heavy atom. The van der Waals surface area contributed by atoms with Crippen molar-refractivity contribution in [2.75, 3.05) is 0 Å². The monoisotopic (exact) mass is 149 g/mol. The highest BCUT2D eigenvalue weighted by Gasteiger charge is 2.15. The highest BCUT2D eigenvalue weighted by atomic mass is 19.1. The molecule has 0 aromatic rings. The summed E-state index contributed by atoms with van der Waals surface area (Å²) in [5.74, 6) is 0. The number of unbranched alkanes of at least 4 members (excludes halogenated alkanes) is 2. The highest BCUT2D eigenvalue weighted by molar-refractivity contribution is 4.42. The molecule has 0 saturated carbocycles. The Kier molecular flexibility index (Phi) is 4.80. The van der Waals surface area contributed by atoms with E-state index in [-0.39, 0.29) is 6.42 Å². The van der Waals surface area contributed by atoms with Crippen LogP contribution >= 0.6 is 0 Å². The average Bonchev–Trinajstić information content (AvgIpc) is 1.88. The summed E-state index contributed by atoms with van der Waals surface area (Å²) in [6, 6.07) is 0. The van der Waals surface area contributed by atoms with E-state index in [4.69, 9.17) is 0 Å². The van der Waals surface area contributed by atoms with Gasteiger partial charge in [0.2, 0.25) is 0 Å². The zero-order chi connectivity index (χ0) is 7.98. The van der Waals surface area contributed by atoms with Crippen molar-refractivity contribution in [3.63, 3.8) is 0 Å².